The van der Waals surface area contributed by atoms with Gasteiger partial charge < -0.3 is 19.9 Å². The fourth-order valence-corrected chi connectivity index (χ4v) is 2.09. The van der Waals surface area contributed by atoms with E-state index in [1.54, 1.807) is 0 Å². The summed E-state index contributed by atoms with van der Waals surface area (Å²) in [7, 11) is 0. The van der Waals surface area contributed by atoms with Crippen molar-refractivity contribution in [2.75, 3.05) is 6.54 Å². The quantitative estimate of drug-likeness (QED) is 0.893. The van der Waals surface area contributed by atoms with E-state index in [1.807, 2.05) is 32.0 Å². The van der Waals surface area contributed by atoms with E-state index in [0.717, 1.165) is 16.9 Å². The maximum Gasteiger partial charge on any atom is 0.205 e. The first-order valence-corrected chi connectivity index (χ1v) is 7.05. The van der Waals surface area contributed by atoms with E-state index in [9.17, 15) is 5.11 Å². The minimum atomic E-state index is -0.582. The molecule has 0 spiro atoms. The highest BCUT2D eigenvalue weighted by Gasteiger charge is 2.27. The van der Waals surface area contributed by atoms with Gasteiger partial charge in [-0.3, -0.25) is 0 Å². The number of ether oxygens (including phenoxy) is 2. The lowest BCUT2D eigenvalue weighted by molar-refractivity contribution is -0.180. The van der Waals surface area contributed by atoms with Crippen molar-refractivity contribution in [3.8, 4) is 5.75 Å². The molecule has 1 atom stereocenters. The molecule has 0 fully saturated rings. The van der Waals surface area contributed by atoms with E-state index in [1.165, 1.54) is 0 Å². The minimum Gasteiger partial charge on any atom is -0.463 e. The Kier molecular flexibility index (Phi) is 4.09. The van der Waals surface area contributed by atoms with Gasteiger partial charge in [-0.15, -0.1) is 0 Å². The van der Waals surface area contributed by atoms with Crippen LogP contribution in [0.4, 0.5) is 0 Å². The fourth-order valence-electron chi connectivity index (χ4n) is 2.09. The zero-order valence-corrected chi connectivity index (χ0v) is 13.0. The SMILES string of the molecule is CC(C)(C)NC[C@H](O)c1ccc2c(c1)COC(C)(C)O2. The second kappa shape index (κ2) is 5.35. The smallest absolute Gasteiger partial charge is 0.205 e. The van der Waals surface area contributed by atoms with Crippen LogP contribution in [0.3, 0.4) is 0 Å². The molecule has 1 aliphatic heterocycles. The number of aliphatic hydroxyl groups excluding tert-OH is 1. The number of rotatable bonds is 3. The molecule has 2 rings (SSSR count). The van der Waals surface area contributed by atoms with Crippen molar-refractivity contribution in [3.63, 3.8) is 0 Å². The standard InChI is InChI=1S/C16H25NO3/c1-15(2,3)17-9-13(18)11-6-7-14-12(8-11)10-19-16(4,5)20-14/h6-8,13,17-18H,9-10H2,1-5H3/t13-/m0/s1. The van der Waals surface area contributed by atoms with Gasteiger partial charge in [0, 0.05) is 31.5 Å². The lowest BCUT2D eigenvalue weighted by Gasteiger charge is -2.33. The highest BCUT2D eigenvalue weighted by Crippen LogP contribution is 2.32. The zero-order valence-electron chi connectivity index (χ0n) is 13.0. The summed E-state index contributed by atoms with van der Waals surface area (Å²) in [5, 5.41) is 13.5. The first kappa shape index (κ1) is 15.3. The Bertz CT molecular complexity index is 477. The van der Waals surface area contributed by atoms with Crippen molar-refractivity contribution in [1.82, 2.24) is 5.32 Å². The molecule has 0 aliphatic carbocycles. The van der Waals surface area contributed by atoms with Crippen molar-refractivity contribution in [3.05, 3.63) is 29.3 Å². The van der Waals surface area contributed by atoms with Gasteiger partial charge in [-0.25, -0.2) is 0 Å². The molecule has 4 heteroatoms. The number of aliphatic hydroxyl groups is 1. The van der Waals surface area contributed by atoms with Crippen LogP contribution in [0.25, 0.3) is 0 Å². The fraction of sp³-hybridized carbons (Fsp3) is 0.625. The number of β-amino-alcohol motifs (C(OH)–C–C–N with tert-alkyl or cyclic N) is 1. The van der Waals surface area contributed by atoms with Crippen LogP contribution in [0.2, 0.25) is 0 Å². The molecule has 0 saturated heterocycles. The summed E-state index contributed by atoms with van der Waals surface area (Å²) in [6, 6.07) is 5.78. The number of benzene rings is 1. The lowest BCUT2D eigenvalue weighted by atomic mass is 10.0. The van der Waals surface area contributed by atoms with E-state index >= 15 is 0 Å². The Labute approximate surface area is 121 Å². The lowest BCUT2D eigenvalue weighted by Crippen LogP contribution is -2.38. The van der Waals surface area contributed by atoms with Gasteiger partial charge in [0.2, 0.25) is 5.79 Å². The minimum absolute atomic E-state index is 0.00850. The molecule has 112 valence electrons. The largest absolute Gasteiger partial charge is 0.463 e. The van der Waals surface area contributed by atoms with Gasteiger partial charge in [-0.1, -0.05) is 6.07 Å². The van der Waals surface area contributed by atoms with Crippen LogP contribution in [-0.2, 0) is 11.3 Å². The predicted molar refractivity (Wildman–Crippen MR) is 78.7 cm³/mol. The van der Waals surface area contributed by atoms with Gasteiger partial charge >= 0.3 is 0 Å². The molecule has 0 aromatic heterocycles. The average molecular weight is 279 g/mol. The van der Waals surface area contributed by atoms with Crippen molar-refractivity contribution in [2.45, 2.75) is 58.7 Å². The van der Waals surface area contributed by atoms with E-state index in [0.29, 0.717) is 13.2 Å². The Balaban J connectivity index is 2.08. The van der Waals surface area contributed by atoms with Gasteiger partial charge in [0.1, 0.15) is 5.75 Å². The summed E-state index contributed by atoms with van der Waals surface area (Å²) in [5.74, 6) is 0.252. The van der Waals surface area contributed by atoms with Crippen LogP contribution in [0.15, 0.2) is 18.2 Å². The first-order valence-electron chi connectivity index (χ1n) is 7.05. The number of hydrogen-bond acceptors (Lipinski definition) is 4. The summed E-state index contributed by atoms with van der Waals surface area (Å²) >= 11 is 0. The monoisotopic (exact) mass is 279 g/mol. The Hall–Kier alpha value is -1.10. The molecule has 1 aliphatic rings. The molecular formula is C16H25NO3. The highest BCUT2D eigenvalue weighted by molar-refractivity contribution is 5.39. The summed E-state index contributed by atoms with van der Waals surface area (Å²) in [6.45, 7) is 11.1. The van der Waals surface area contributed by atoms with Gasteiger partial charge in [-0.05, 0) is 38.5 Å². The van der Waals surface area contributed by atoms with E-state index in [4.69, 9.17) is 9.47 Å². The van der Waals surface area contributed by atoms with Crippen LogP contribution in [0.5, 0.6) is 5.75 Å². The van der Waals surface area contributed by atoms with Crippen molar-refractivity contribution < 1.29 is 14.6 Å². The zero-order chi connectivity index (χ0) is 15.0. The third-order valence-corrected chi connectivity index (χ3v) is 3.23. The maximum absolute atomic E-state index is 10.2. The molecule has 0 amide bonds. The topological polar surface area (TPSA) is 50.7 Å². The molecule has 0 radical (unpaired) electrons. The summed E-state index contributed by atoms with van der Waals surface area (Å²) in [5.41, 5.74) is 1.86. The normalized spacial score (nSPS) is 19.1. The molecule has 1 heterocycles. The van der Waals surface area contributed by atoms with Crippen LogP contribution < -0.4 is 10.1 Å². The summed E-state index contributed by atoms with van der Waals surface area (Å²) in [6.07, 6.45) is -0.533. The molecule has 0 bridgehead atoms. The van der Waals surface area contributed by atoms with Crippen LogP contribution in [0, 0.1) is 0 Å². The second-order valence-corrected chi connectivity index (χ2v) is 6.80. The molecule has 20 heavy (non-hydrogen) atoms. The maximum atomic E-state index is 10.2. The van der Waals surface area contributed by atoms with Crippen LogP contribution >= 0.6 is 0 Å². The average Bonchev–Trinajstić information content (AvgIpc) is 2.33. The highest BCUT2D eigenvalue weighted by atomic mass is 16.7. The Morgan fingerprint density at radius 3 is 2.70 bits per heavy atom. The van der Waals surface area contributed by atoms with E-state index < -0.39 is 11.9 Å². The third-order valence-electron chi connectivity index (χ3n) is 3.23. The number of hydrogen-bond donors (Lipinski definition) is 2. The second-order valence-electron chi connectivity index (χ2n) is 6.80. The molecule has 2 N–H and O–H groups in total. The number of nitrogens with one attached hydrogen (secondary N) is 1. The van der Waals surface area contributed by atoms with Crippen molar-refractivity contribution in [1.29, 1.82) is 0 Å². The molecule has 4 nitrogen and oxygen atoms in total. The van der Waals surface area contributed by atoms with Crippen LogP contribution in [-0.4, -0.2) is 23.0 Å². The summed E-state index contributed by atoms with van der Waals surface area (Å²) < 4.78 is 11.4. The van der Waals surface area contributed by atoms with Crippen molar-refractivity contribution >= 4 is 0 Å². The third kappa shape index (κ3) is 3.95. The Morgan fingerprint density at radius 2 is 2.05 bits per heavy atom. The van der Waals surface area contributed by atoms with Gasteiger partial charge in [-0.2, -0.15) is 0 Å². The molecule has 0 saturated carbocycles. The van der Waals surface area contributed by atoms with Crippen molar-refractivity contribution in [2.24, 2.45) is 0 Å². The molecule has 0 unspecified atom stereocenters. The van der Waals surface area contributed by atoms with E-state index in [-0.39, 0.29) is 5.54 Å². The van der Waals surface area contributed by atoms with Gasteiger partial charge in [0.05, 0.1) is 12.7 Å². The molecule has 1 aromatic rings. The molecular weight excluding hydrogens is 254 g/mol. The van der Waals surface area contributed by atoms with Gasteiger partial charge in [0.25, 0.3) is 0 Å². The number of fused-ring (bicyclic) bond motifs is 1. The Morgan fingerprint density at radius 1 is 1.35 bits per heavy atom. The van der Waals surface area contributed by atoms with Crippen LogP contribution in [0.1, 0.15) is 51.8 Å². The van der Waals surface area contributed by atoms with E-state index in [2.05, 4.69) is 26.1 Å². The van der Waals surface area contributed by atoms with Gasteiger partial charge in [0.15, 0.2) is 0 Å². The summed E-state index contributed by atoms with van der Waals surface area (Å²) in [4.78, 5) is 0. The first-order chi connectivity index (χ1) is 9.16. The molecule has 1 aromatic carbocycles. The predicted octanol–water partition coefficient (Wildman–Crippen LogP) is 2.75.